The van der Waals surface area contributed by atoms with Gasteiger partial charge in [-0.3, -0.25) is 0 Å². The molecule has 0 fully saturated rings. The molecule has 0 aromatic heterocycles. The first kappa shape index (κ1) is 24.7. The molecule has 0 atom stereocenters. The Kier molecular flexibility index (Phi) is 28.4. The molecule has 0 bridgehead atoms. The first-order valence-corrected chi connectivity index (χ1v) is 10.5. The Morgan fingerprint density at radius 1 is 0.522 bits per heavy atom. The van der Waals surface area contributed by atoms with E-state index in [2.05, 4.69) is 20.1 Å². The summed E-state index contributed by atoms with van der Waals surface area (Å²) < 4.78 is 0. The maximum Gasteiger partial charge on any atom is -0.0353 e. The number of allylic oxidation sites excluding steroid dienone is 2. The quantitative estimate of drug-likeness (QED) is 0.185. The van der Waals surface area contributed by atoms with Crippen molar-refractivity contribution in [2.45, 2.75) is 123 Å². The van der Waals surface area contributed by atoms with E-state index in [-0.39, 0.29) is 0 Å². The van der Waals surface area contributed by atoms with E-state index >= 15 is 0 Å². The highest BCUT2D eigenvalue weighted by Gasteiger charge is 1.94. The summed E-state index contributed by atoms with van der Waals surface area (Å²) in [5, 5.41) is 0. The molecule has 23 heavy (non-hydrogen) atoms. The zero-order valence-electron chi connectivity index (χ0n) is 16.6. The summed E-state index contributed by atoms with van der Waals surface area (Å²) in [4.78, 5) is 0. The van der Waals surface area contributed by atoms with Gasteiger partial charge in [-0.25, -0.2) is 0 Å². The number of hydrogen-bond acceptors (Lipinski definition) is 0. The molecular formula is C23H46. The highest BCUT2D eigenvalue weighted by Crippen LogP contribution is 2.13. The van der Waals surface area contributed by atoms with Gasteiger partial charge in [-0.05, 0) is 19.8 Å². The smallest absolute Gasteiger partial charge is 0.0353 e. The SMILES string of the molecule is C=CC.C=CCCCCCCCCCCCCCCCCCC. The van der Waals surface area contributed by atoms with Gasteiger partial charge in [0.05, 0.1) is 0 Å². The maximum absolute atomic E-state index is 3.77. The maximum atomic E-state index is 3.77. The zero-order chi connectivity index (χ0) is 17.4. The summed E-state index contributed by atoms with van der Waals surface area (Å²) in [5.74, 6) is 0. The molecule has 0 radical (unpaired) electrons. The molecule has 0 rings (SSSR count). The van der Waals surface area contributed by atoms with Crippen molar-refractivity contribution < 1.29 is 0 Å². The van der Waals surface area contributed by atoms with Gasteiger partial charge in [-0.2, -0.15) is 0 Å². The molecule has 0 aliphatic heterocycles. The summed E-state index contributed by atoms with van der Waals surface area (Å²) in [6.45, 7) is 11.3. The molecule has 0 saturated heterocycles. The van der Waals surface area contributed by atoms with E-state index in [1.165, 1.54) is 109 Å². The minimum absolute atomic E-state index is 1.21. The van der Waals surface area contributed by atoms with Gasteiger partial charge in [0, 0.05) is 0 Å². The molecule has 0 heterocycles. The molecule has 0 unspecified atom stereocenters. The van der Waals surface area contributed by atoms with E-state index in [1.807, 2.05) is 13.0 Å². The van der Waals surface area contributed by atoms with Gasteiger partial charge in [-0.15, -0.1) is 13.2 Å². The van der Waals surface area contributed by atoms with Crippen LogP contribution in [0, 0.1) is 0 Å². The number of unbranched alkanes of at least 4 members (excludes halogenated alkanes) is 16. The Hall–Kier alpha value is -0.520. The molecule has 0 aromatic rings. The topological polar surface area (TPSA) is 0 Å². The second kappa shape index (κ2) is 26.4. The minimum Gasteiger partial charge on any atom is -0.103 e. The average Bonchev–Trinajstić information content (AvgIpc) is 2.55. The lowest BCUT2D eigenvalue weighted by molar-refractivity contribution is 0.530. The normalized spacial score (nSPS) is 10.0. The van der Waals surface area contributed by atoms with E-state index < -0.39 is 0 Å². The van der Waals surface area contributed by atoms with Crippen molar-refractivity contribution in [2.24, 2.45) is 0 Å². The van der Waals surface area contributed by atoms with Gasteiger partial charge in [-0.1, -0.05) is 115 Å². The van der Waals surface area contributed by atoms with Crippen molar-refractivity contribution in [3.63, 3.8) is 0 Å². The van der Waals surface area contributed by atoms with Gasteiger partial charge >= 0.3 is 0 Å². The van der Waals surface area contributed by atoms with Crippen molar-refractivity contribution >= 4 is 0 Å². The van der Waals surface area contributed by atoms with Gasteiger partial charge < -0.3 is 0 Å². The van der Waals surface area contributed by atoms with Crippen LogP contribution >= 0.6 is 0 Å². The van der Waals surface area contributed by atoms with Crippen LogP contribution < -0.4 is 0 Å². The molecule has 0 nitrogen and oxygen atoms in total. The van der Waals surface area contributed by atoms with Gasteiger partial charge in [0.2, 0.25) is 0 Å². The fourth-order valence-corrected chi connectivity index (χ4v) is 2.84. The second-order valence-electron chi connectivity index (χ2n) is 6.79. The molecule has 0 spiro atoms. The fourth-order valence-electron chi connectivity index (χ4n) is 2.84. The summed E-state index contributed by atoms with van der Waals surface area (Å²) in [6.07, 6.45) is 28.2. The van der Waals surface area contributed by atoms with Crippen molar-refractivity contribution in [1.82, 2.24) is 0 Å². The predicted octanol–water partition coefficient (Wildman–Crippen LogP) is 9.02. The van der Waals surface area contributed by atoms with Gasteiger partial charge in [0.15, 0.2) is 0 Å². The van der Waals surface area contributed by atoms with Crippen LogP contribution in [0.3, 0.4) is 0 Å². The highest BCUT2D eigenvalue weighted by molar-refractivity contribution is 4.65. The molecule has 0 aliphatic carbocycles. The molecule has 0 amide bonds. The summed E-state index contributed by atoms with van der Waals surface area (Å²) in [5.41, 5.74) is 0. The number of rotatable bonds is 17. The van der Waals surface area contributed by atoms with Crippen LogP contribution in [0.1, 0.15) is 123 Å². The first-order chi connectivity index (χ1) is 11.3. The largest absolute Gasteiger partial charge is 0.103 e. The third kappa shape index (κ3) is 30.0. The van der Waals surface area contributed by atoms with E-state index in [9.17, 15) is 0 Å². The molecule has 0 N–H and O–H groups in total. The van der Waals surface area contributed by atoms with Crippen LogP contribution in [0.5, 0.6) is 0 Å². The van der Waals surface area contributed by atoms with Crippen LogP contribution in [0.25, 0.3) is 0 Å². The minimum atomic E-state index is 1.21. The average molecular weight is 323 g/mol. The Morgan fingerprint density at radius 2 is 0.783 bits per heavy atom. The standard InChI is InChI=1S/C20H40.C3H6/c1-3-5-7-9-11-13-15-17-19-20-18-16-14-12-10-8-6-4-2;1-3-2/h3H,1,4-20H2,2H3;3H,1H2,2H3. The molecule has 0 saturated carbocycles. The predicted molar refractivity (Wildman–Crippen MR) is 110 cm³/mol. The lowest BCUT2D eigenvalue weighted by Crippen LogP contribution is -1.83. The Morgan fingerprint density at radius 3 is 1.04 bits per heavy atom. The first-order valence-electron chi connectivity index (χ1n) is 10.5. The van der Waals surface area contributed by atoms with Crippen LogP contribution in [0.2, 0.25) is 0 Å². The number of hydrogen-bond donors (Lipinski definition) is 0. The highest BCUT2D eigenvalue weighted by atomic mass is 14.0. The van der Waals surface area contributed by atoms with E-state index in [0.29, 0.717) is 0 Å². The van der Waals surface area contributed by atoms with Crippen molar-refractivity contribution in [1.29, 1.82) is 0 Å². The molecule has 0 heteroatoms. The molecule has 0 aliphatic rings. The van der Waals surface area contributed by atoms with Crippen molar-refractivity contribution in [3.8, 4) is 0 Å². The monoisotopic (exact) mass is 322 g/mol. The summed E-state index contributed by atoms with van der Waals surface area (Å²) >= 11 is 0. The van der Waals surface area contributed by atoms with Crippen LogP contribution in [0.15, 0.2) is 25.3 Å². The Balaban J connectivity index is 0. The zero-order valence-corrected chi connectivity index (χ0v) is 16.6. The Labute approximate surface area is 148 Å². The summed E-state index contributed by atoms with van der Waals surface area (Å²) in [7, 11) is 0. The third-order valence-corrected chi connectivity index (χ3v) is 4.26. The van der Waals surface area contributed by atoms with Crippen LogP contribution in [-0.2, 0) is 0 Å². The molecular weight excluding hydrogens is 276 g/mol. The lowest BCUT2D eigenvalue weighted by Gasteiger charge is -2.03. The van der Waals surface area contributed by atoms with Gasteiger partial charge in [0.25, 0.3) is 0 Å². The van der Waals surface area contributed by atoms with E-state index in [4.69, 9.17) is 0 Å². The van der Waals surface area contributed by atoms with Gasteiger partial charge in [0.1, 0.15) is 0 Å². The van der Waals surface area contributed by atoms with Crippen molar-refractivity contribution in [3.05, 3.63) is 25.3 Å². The second-order valence-corrected chi connectivity index (χ2v) is 6.79. The fraction of sp³-hybridized carbons (Fsp3) is 0.826. The van der Waals surface area contributed by atoms with Crippen LogP contribution in [0.4, 0.5) is 0 Å². The van der Waals surface area contributed by atoms with Crippen molar-refractivity contribution in [2.75, 3.05) is 0 Å². The lowest BCUT2D eigenvalue weighted by atomic mass is 10.0. The molecule has 138 valence electrons. The third-order valence-electron chi connectivity index (χ3n) is 4.26. The van der Waals surface area contributed by atoms with E-state index in [0.717, 1.165) is 0 Å². The Bertz CT molecular complexity index is 204. The van der Waals surface area contributed by atoms with Crippen LogP contribution in [-0.4, -0.2) is 0 Å². The van der Waals surface area contributed by atoms with E-state index in [1.54, 1.807) is 6.08 Å². The summed E-state index contributed by atoms with van der Waals surface area (Å²) in [6, 6.07) is 0. The molecule has 0 aromatic carbocycles.